The van der Waals surface area contributed by atoms with Crippen molar-refractivity contribution >= 4 is 29.0 Å². The van der Waals surface area contributed by atoms with E-state index in [2.05, 4.69) is 27.1 Å². The Balaban J connectivity index is 1.75. The van der Waals surface area contributed by atoms with Crippen LogP contribution in [0.5, 0.6) is 0 Å². The van der Waals surface area contributed by atoms with E-state index in [4.69, 9.17) is 0 Å². The van der Waals surface area contributed by atoms with Gasteiger partial charge in [-0.05, 0) is 41.6 Å². The van der Waals surface area contributed by atoms with Gasteiger partial charge in [0.25, 0.3) is 0 Å². The van der Waals surface area contributed by atoms with Crippen molar-refractivity contribution in [3.05, 3.63) is 40.4 Å². The minimum Gasteiger partial charge on any atom is -0.351 e. The van der Waals surface area contributed by atoms with Gasteiger partial charge in [0.1, 0.15) is 0 Å². The van der Waals surface area contributed by atoms with E-state index in [1.165, 1.54) is 11.5 Å². The lowest BCUT2D eigenvalue weighted by molar-refractivity contribution is -0.124. The van der Waals surface area contributed by atoms with E-state index in [1.807, 2.05) is 38.1 Å². The van der Waals surface area contributed by atoms with E-state index in [0.29, 0.717) is 6.54 Å². The molecule has 0 aliphatic heterocycles. The minimum absolute atomic E-state index is 0.152. The molecule has 134 valence electrons. The fraction of sp³-hybridized carbons (Fsp3) is 0.444. The van der Waals surface area contributed by atoms with Gasteiger partial charge < -0.3 is 10.6 Å². The third kappa shape index (κ3) is 5.94. The number of aromatic nitrogens is 2. The Morgan fingerprint density at radius 3 is 2.68 bits per heavy atom. The zero-order chi connectivity index (χ0) is 18.2. The first-order valence-corrected chi connectivity index (χ1v) is 9.23. The van der Waals surface area contributed by atoms with Crippen molar-refractivity contribution < 1.29 is 9.59 Å². The van der Waals surface area contributed by atoms with Gasteiger partial charge in [-0.15, -0.1) is 5.10 Å². The monoisotopic (exact) mass is 360 g/mol. The molecule has 0 spiro atoms. The van der Waals surface area contributed by atoms with Crippen LogP contribution in [-0.4, -0.2) is 21.4 Å². The van der Waals surface area contributed by atoms with Crippen LogP contribution in [0.3, 0.4) is 0 Å². The highest BCUT2D eigenvalue weighted by molar-refractivity contribution is 7.05. The lowest BCUT2D eigenvalue weighted by Gasteiger charge is -2.08. The van der Waals surface area contributed by atoms with Crippen LogP contribution in [0.1, 0.15) is 55.7 Å². The summed E-state index contributed by atoms with van der Waals surface area (Å²) in [7, 11) is 0. The average molecular weight is 360 g/mol. The molecule has 1 aromatic heterocycles. The largest absolute Gasteiger partial charge is 0.351 e. The van der Waals surface area contributed by atoms with Crippen LogP contribution in [0, 0.1) is 0 Å². The maximum Gasteiger partial charge on any atom is 0.224 e. The Kier molecular flexibility index (Phi) is 7.06. The van der Waals surface area contributed by atoms with E-state index in [1.54, 1.807) is 0 Å². The predicted molar refractivity (Wildman–Crippen MR) is 99.5 cm³/mol. The Bertz CT molecular complexity index is 727. The highest BCUT2D eigenvalue weighted by atomic mass is 32.1. The number of nitrogens with one attached hydrogen (secondary N) is 2. The molecule has 0 radical (unpaired) electrons. The lowest BCUT2D eigenvalue weighted by Crippen LogP contribution is -2.24. The van der Waals surface area contributed by atoms with Gasteiger partial charge in [0.05, 0.1) is 17.1 Å². The number of carbonyl (C=O) groups is 2. The van der Waals surface area contributed by atoms with Gasteiger partial charge in [-0.2, -0.15) is 0 Å². The molecular formula is C18H24N4O2S. The number of hydrogen-bond donors (Lipinski definition) is 2. The summed E-state index contributed by atoms with van der Waals surface area (Å²) in [5.41, 5.74) is 2.84. The van der Waals surface area contributed by atoms with E-state index >= 15 is 0 Å². The fourth-order valence-corrected chi connectivity index (χ4v) is 3.10. The molecule has 0 saturated heterocycles. The fourth-order valence-electron chi connectivity index (χ4n) is 2.36. The van der Waals surface area contributed by atoms with Gasteiger partial charge >= 0.3 is 0 Å². The van der Waals surface area contributed by atoms with Crippen LogP contribution in [0.2, 0.25) is 0 Å². The third-order valence-corrected chi connectivity index (χ3v) is 4.51. The topological polar surface area (TPSA) is 84.0 Å². The van der Waals surface area contributed by atoms with Gasteiger partial charge in [-0.3, -0.25) is 9.59 Å². The summed E-state index contributed by atoms with van der Waals surface area (Å²) in [4.78, 5) is 24.9. The molecule has 7 heteroatoms. The molecule has 2 rings (SSSR count). The van der Waals surface area contributed by atoms with E-state index in [-0.39, 0.29) is 30.6 Å². The number of carbonyl (C=O) groups excluding carboxylic acids is 2. The van der Waals surface area contributed by atoms with Crippen LogP contribution in [-0.2, 0) is 22.6 Å². The Morgan fingerprint density at radius 2 is 1.96 bits per heavy atom. The van der Waals surface area contributed by atoms with Crippen LogP contribution in [0.4, 0.5) is 5.69 Å². The molecule has 1 heterocycles. The van der Waals surface area contributed by atoms with E-state index in [0.717, 1.165) is 28.2 Å². The standard InChI is InChI=1S/C18H24N4O2S/c1-4-13-6-5-7-14(10-13)20-17(24)9-8-16(23)19-11-15-18(12(2)3)21-22-25-15/h5-7,10,12H,4,8-9,11H2,1-3H3,(H,19,23)(H,20,24). The second kappa shape index (κ2) is 9.27. The maximum atomic E-state index is 12.0. The molecule has 2 N–H and O–H groups in total. The Labute approximate surface area is 152 Å². The molecule has 0 aliphatic carbocycles. The Hall–Kier alpha value is -2.28. The first kappa shape index (κ1) is 19.1. The summed E-state index contributed by atoms with van der Waals surface area (Å²) in [6.45, 7) is 6.55. The number of rotatable bonds is 8. The number of benzene rings is 1. The van der Waals surface area contributed by atoms with E-state index < -0.39 is 0 Å². The summed E-state index contributed by atoms with van der Waals surface area (Å²) in [6, 6.07) is 7.73. The van der Waals surface area contributed by atoms with Crippen molar-refractivity contribution in [1.29, 1.82) is 0 Å². The van der Waals surface area contributed by atoms with Crippen LogP contribution < -0.4 is 10.6 Å². The van der Waals surface area contributed by atoms with Crippen LogP contribution >= 0.6 is 11.5 Å². The number of anilines is 1. The molecule has 1 aromatic carbocycles. The molecule has 2 amide bonds. The zero-order valence-electron chi connectivity index (χ0n) is 14.8. The molecule has 0 fully saturated rings. The van der Waals surface area contributed by atoms with Crippen molar-refractivity contribution in [3.8, 4) is 0 Å². The second-order valence-corrected chi connectivity index (χ2v) is 6.95. The molecule has 0 saturated carbocycles. The van der Waals surface area contributed by atoms with Gasteiger partial charge in [0.15, 0.2) is 0 Å². The van der Waals surface area contributed by atoms with Gasteiger partial charge in [0, 0.05) is 18.5 Å². The van der Waals surface area contributed by atoms with Crippen LogP contribution in [0.25, 0.3) is 0 Å². The van der Waals surface area contributed by atoms with Crippen molar-refractivity contribution in [2.24, 2.45) is 0 Å². The third-order valence-electron chi connectivity index (χ3n) is 3.78. The summed E-state index contributed by atoms with van der Waals surface area (Å²) < 4.78 is 3.93. The molecule has 6 nitrogen and oxygen atoms in total. The molecule has 0 aliphatic rings. The zero-order valence-corrected chi connectivity index (χ0v) is 15.7. The molecular weight excluding hydrogens is 336 g/mol. The maximum absolute atomic E-state index is 12.0. The molecule has 0 unspecified atom stereocenters. The van der Waals surface area contributed by atoms with Crippen molar-refractivity contribution in [2.75, 3.05) is 5.32 Å². The summed E-state index contributed by atoms with van der Waals surface area (Å²) in [5.74, 6) is -0.0402. The smallest absolute Gasteiger partial charge is 0.224 e. The lowest BCUT2D eigenvalue weighted by atomic mass is 10.1. The Morgan fingerprint density at radius 1 is 1.20 bits per heavy atom. The van der Waals surface area contributed by atoms with Gasteiger partial charge in [0.2, 0.25) is 11.8 Å². The quantitative estimate of drug-likeness (QED) is 0.757. The SMILES string of the molecule is CCc1cccc(NC(=O)CCC(=O)NCc2snnc2C(C)C)c1. The van der Waals surface area contributed by atoms with Crippen molar-refractivity contribution in [3.63, 3.8) is 0 Å². The molecule has 25 heavy (non-hydrogen) atoms. The second-order valence-electron chi connectivity index (χ2n) is 6.11. The normalized spacial score (nSPS) is 10.7. The summed E-state index contributed by atoms with van der Waals surface area (Å²) >= 11 is 1.29. The molecule has 2 aromatic rings. The van der Waals surface area contributed by atoms with Crippen LogP contribution in [0.15, 0.2) is 24.3 Å². The average Bonchev–Trinajstić information content (AvgIpc) is 3.07. The summed E-state index contributed by atoms with van der Waals surface area (Å²) in [6.07, 6.45) is 1.22. The predicted octanol–water partition coefficient (Wildman–Crippen LogP) is 3.26. The van der Waals surface area contributed by atoms with Gasteiger partial charge in [-0.25, -0.2) is 0 Å². The first-order chi connectivity index (χ1) is 12.0. The molecule has 0 atom stereocenters. The highest BCUT2D eigenvalue weighted by Gasteiger charge is 2.13. The number of hydrogen-bond acceptors (Lipinski definition) is 5. The number of aryl methyl sites for hydroxylation is 1. The number of nitrogens with zero attached hydrogens (tertiary/aromatic N) is 2. The number of amides is 2. The first-order valence-electron chi connectivity index (χ1n) is 8.46. The van der Waals surface area contributed by atoms with Crippen molar-refractivity contribution in [2.45, 2.75) is 52.5 Å². The van der Waals surface area contributed by atoms with Crippen molar-refractivity contribution in [1.82, 2.24) is 14.9 Å². The summed E-state index contributed by atoms with van der Waals surface area (Å²) in [5, 5.41) is 9.74. The molecule has 0 bridgehead atoms. The highest BCUT2D eigenvalue weighted by Crippen LogP contribution is 2.19. The van der Waals surface area contributed by atoms with Gasteiger partial charge in [-0.1, -0.05) is 37.4 Å². The van der Waals surface area contributed by atoms with E-state index in [9.17, 15) is 9.59 Å². The minimum atomic E-state index is -0.161.